The number of benzene rings is 1. The van der Waals surface area contributed by atoms with Crippen molar-refractivity contribution in [1.29, 1.82) is 0 Å². The molecule has 3 nitrogen and oxygen atoms in total. The molecule has 2 aromatic rings. The Balaban J connectivity index is 2.17. The quantitative estimate of drug-likeness (QED) is 0.876. The lowest BCUT2D eigenvalue weighted by molar-refractivity contribution is 0.0697. The third kappa shape index (κ3) is 3.17. The molecule has 0 aliphatic heterocycles. The Kier molecular flexibility index (Phi) is 4.09. The van der Waals surface area contributed by atoms with Crippen molar-refractivity contribution in [2.75, 3.05) is 11.9 Å². The Morgan fingerprint density at radius 3 is 2.75 bits per heavy atom. The largest absolute Gasteiger partial charge is 0.478 e. The van der Waals surface area contributed by atoms with Crippen molar-refractivity contribution >= 4 is 23.0 Å². The fourth-order valence-electron chi connectivity index (χ4n) is 1.91. The third-order valence-corrected chi connectivity index (χ3v) is 4.36. The molecule has 1 aromatic heterocycles. The second kappa shape index (κ2) is 5.63. The van der Waals surface area contributed by atoms with E-state index >= 15 is 0 Å². The molecule has 1 aromatic carbocycles. The number of carbonyl (C=O) groups is 1. The summed E-state index contributed by atoms with van der Waals surface area (Å²) in [5.74, 6) is -1.69. The summed E-state index contributed by atoms with van der Waals surface area (Å²) in [6.07, 6.45) is 0. The standard InChI is InChI=1S/C15H16FNO2S/c1-15(2,13-4-3-7-20-13)9-17-12-6-5-10(16)8-11(12)14(18)19/h3-8,17H,9H2,1-2H3,(H,18,19). The number of aromatic carboxylic acids is 1. The van der Waals surface area contributed by atoms with Gasteiger partial charge in [0.1, 0.15) is 5.82 Å². The molecular weight excluding hydrogens is 277 g/mol. The van der Waals surface area contributed by atoms with Crippen LogP contribution in [0.4, 0.5) is 10.1 Å². The van der Waals surface area contributed by atoms with E-state index in [2.05, 4.69) is 25.2 Å². The number of anilines is 1. The van der Waals surface area contributed by atoms with Crippen LogP contribution in [0.3, 0.4) is 0 Å². The van der Waals surface area contributed by atoms with E-state index < -0.39 is 11.8 Å². The Labute approximate surface area is 121 Å². The molecular formula is C15H16FNO2S. The molecule has 0 radical (unpaired) electrons. The first-order valence-electron chi connectivity index (χ1n) is 6.21. The van der Waals surface area contributed by atoms with Crippen molar-refractivity contribution < 1.29 is 14.3 Å². The molecule has 0 amide bonds. The first kappa shape index (κ1) is 14.5. The van der Waals surface area contributed by atoms with Gasteiger partial charge < -0.3 is 10.4 Å². The minimum atomic E-state index is -1.14. The highest BCUT2D eigenvalue weighted by atomic mass is 32.1. The first-order chi connectivity index (χ1) is 9.40. The van der Waals surface area contributed by atoms with E-state index in [9.17, 15) is 9.18 Å². The molecule has 0 aliphatic carbocycles. The lowest BCUT2D eigenvalue weighted by Crippen LogP contribution is -2.27. The molecule has 1 heterocycles. The van der Waals surface area contributed by atoms with Gasteiger partial charge in [-0.2, -0.15) is 0 Å². The van der Waals surface area contributed by atoms with Crippen LogP contribution in [-0.2, 0) is 5.41 Å². The minimum Gasteiger partial charge on any atom is -0.478 e. The van der Waals surface area contributed by atoms with Gasteiger partial charge in [0.05, 0.1) is 5.56 Å². The monoisotopic (exact) mass is 293 g/mol. The van der Waals surface area contributed by atoms with Crippen LogP contribution in [0.2, 0.25) is 0 Å². The van der Waals surface area contributed by atoms with Gasteiger partial charge in [-0.15, -0.1) is 11.3 Å². The number of thiophene rings is 1. The molecule has 0 saturated heterocycles. The van der Waals surface area contributed by atoms with Gasteiger partial charge in [0, 0.05) is 22.5 Å². The zero-order valence-corrected chi connectivity index (χ0v) is 12.1. The van der Waals surface area contributed by atoms with Crippen LogP contribution in [0.15, 0.2) is 35.7 Å². The second-order valence-corrected chi connectivity index (χ2v) is 6.16. The Hall–Kier alpha value is -1.88. The summed E-state index contributed by atoms with van der Waals surface area (Å²) >= 11 is 1.66. The fraction of sp³-hybridized carbons (Fsp3) is 0.267. The number of halogens is 1. The third-order valence-electron chi connectivity index (χ3n) is 3.12. The molecule has 0 saturated carbocycles. The molecule has 2 rings (SSSR count). The summed E-state index contributed by atoms with van der Waals surface area (Å²) in [6.45, 7) is 4.73. The smallest absolute Gasteiger partial charge is 0.337 e. The molecule has 0 aliphatic rings. The van der Waals surface area contributed by atoms with Gasteiger partial charge in [-0.05, 0) is 29.6 Å². The van der Waals surface area contributed by atoms with Crippen molar-refractivity contribution in [2.45, 2.75) is 19.3 Å². The van der Waals surface area contributed by atoms with E-state index in [1.807, 2.05) is 11.4 Å². The normalized spacial score (nSPS) is 11.3. The summed E-state index contributed by atoms with van der Waals surface area (Å²) in [7, 11) is 0. The number of carboxylic acids is 1. The van der Waals surface area contributed by atoms with Gasteiger partial charge >= 0.3 is 5.97 Å². The van der Waals surface area contributed by atoms with Crippen molar-refractivity contribution in [3.05, 3.63) is 52.0 Å². The molecule has 0 fully saturated rings. The zero-order valence-electron chi connectivity index (χ0n) is 11.3. The predicted molar refractivity (Wildman–Crippen MR) is 79.2 cm³/mol. The maximum absolute atomic E-state index is 13.1. The van der Waals surface area contributed by atoms with Crippen LogP contribution >= 0.6 is 11.3 Å². The molecule has 106 valence electrons. The molecule has 20 heavy (non-hydrogen) atoms. The van der Waals surface area contributed by atoms with Gasteiger partial charge in [0.2, 0.25) is 0 Å². The zero-order chi connectivity index (χ0) is 14.8. The number of rotatable bonds is 5. The van der Waals surface area contributed by atoms with Crippen LogP contribution in [-0.4, -0.2) is 17.6 Å². The second-order valence-electron chi connectivity index (χ2n) is 5.21. The summed E-state index contributed by atoms with van der Waals surface area (Å²) in [5, 5.41) is 14.2. The van der Waals surface area contributed by atoms with E-state index in [1.165, 1.54) is 17.0 Å². The minimum absolute atomic E-state index is 0.0491. The van der Waals surface area contributed by atoms with Crippen LogP contribution in [0.1, 0.15) is 29.1 Å². The predicted octanol–water partition coefficient (Wildman–Crippen LogP) is 3.98. The number of hydrogen-bond donors (Lipinski definition) is 2. The Bertz CT molecular complexity index is 608. The fourth-order valence-corrected chi connectivity index (χ4v) is 2.77. The van der Waals surface area contributed by atoms with E-state index in [0.29, 0.717) is 12.2 Å². The molecule has 0 bridgehead atoms. The van der Waals surface area contributed by atoms with E-state index in [1.54, 1.807) is 11.3 Å². The SMILES string of the molecule is CC(C)(CNc1ccc(F)cc1C(=O)O)c1cccs1. The van der Waals surface area contributed by atoms with Crippen LogP contribution in [0.5, 0.6) is 0 Å². The van der Waals surface area contributed by atoms with Crippen molar-refractivity contribution in [3.8, 4) is 0 Å². The van der Waals surface area contributed by atoms with Crippen LogP contribution < -0.4 is 5.32 Å². The number of hydrogen-bond acceptors (Lipinski definition) is 3. The van der Waals surface area contributed by atoms with Crippen molar-refractivity contribution in [1.82, 2.24) is 0 Å². The summed E-state index contributed by atoms with van der Waals surface area (Å²) < 4.78 is 13.1. The highest BCUT2D eigenvalue weighted by Gasteiger charge is 2.22. The topological polar surface area (TPSA) is 49.3 Å². The Morgan fingerprint density at radius 1 is 1.40 bits per heavy atom. The van der Waals surface area contributed by atoms with Gasteiger partial charge in [0.25, 0.3) is 0 Å². The summed E-state index contributed by atoms with van der Waals surface area (Å²) in [4.78, 5) is 12.3. The summed E-state index contributed by atoms with van der Waals surface area (Å²) in [6, 6.07) is 7.79. The maximum Gasteiger partial charge on any atom is 0.337 e. The highest BCUT2D eigenvalue weighted by molar-refractivity contribution is 7.10. The lowest BCUT2D eigenvalue weighted by Gasteiger charge is -2.24. The number of carboxylic acid groups (broad SMARTS) is 1. The van der Waals surface area contributed by atoms with E-state index in [0.717, 1.165) is 6.07 Å². The van der Waals surface area contributed by atoms with Crippen LogP contribution in [0.25, 0.3) is 0 Å². The van der Waals surface area contributed by atoms with E-state index in [4.69, 9.17) is 5.11 Å². The molecule has 5 heteroatoms. The molecule has 0 unspecified atom stereocenters. The average Bonchev–Trinajstić information content (AvgIpc) is 2.91. The van der Waals surface area contributed by atoms with Crippen molar-refractivity contribution in [3.63, 3.8) is 0 Å². The Morgan fingerprint density at radius 2 is 2.15 bits per heavy atom. The van der Waals surface area contributed by atoms with Gasteiger partial charge in [-0.25, -0.2) is 9.18 Å². The van der Waals surface area contributed by atoms with Gasteiger partial charge in [-0.3, -0.25) is 0 Å². The molecule has 0 spiro atoms. The lowest BCUT2D eigenvalue weighted by atomic mass is 9.91. The maximum atomic E-state index is 13.1. The molecule has 2 N–H and O–H groups in total. The summed E-state index contributed by atoms with van der Waals surface area (Å²) in [5.41, 5.74) is 0.258. The first-order valence-corrected chi connectivity index (χ1v) is 7.09. The van der Waals surface area contributed by atoms with Gasteiger partial charge in [0.15, 0.2) is 0 Å². The van der Waals surface area contributed by atoms with Crippen LogP contribution in [0, 0.1) is 5.82 Å². The number of nitrogens with one attached hydrogen (secondary N) is 1. The van der Waals surface area contributed by atoms with Crippen molar-refractivity contribution in [2.24, 2.45) is 0 Å². The molecule has 0 atom stereocenters. The van der Waals surface area contributed by atoms with Gasteiger partial charge in [-0.1, -0.05) is 19.9 Å². The average molecular weight is 293 g/mol. The van der Waals surface area contributed by atoms with E-state index in [-0.39, 0.29) is 11.0 Å². The highest BCUT2D eigenvalue weighted by Crippen LogP contribution is 2.28.